The normalized spacial score (nSPS) is 10.6. The van der Waals surface area contributed by atoms with Crippen molar-refractivity contribution in [1.82, 2.24) is 20.2 Å². The van der Waals surface area contributed by atoms with E-state index in [0.29, 0.717) is 5.82 Å². The lowest BCUT2D eigenvalue weighted by molar-refractivity contribution is 1.01. The van der Waals surface area contributed by atoms with Crippen molar-refractivity contribution in [2.45, 2.75) is 6.92 Å². The molecule has 3 N–H and O–H groups in total. The van der Waals surface area contributed by atoms with Gasteiger partial charge >= 0.3 is 0 Å². The first-order valence-corrected chi connectivity index (χ1v) is 3.21. The molecule has 0 spiro atoms. The Labute approximate surface area is 62.7 Å². The summed E-state index contributed by atoms with van der Waals surface area (Å²) in [5.41, 5.74) is 7.86. The number of aromatic amines is 1. The molecule has 2 aromatic heterocycles. The molecule has 2 aromatic rings. The molecule has 0 atom stereocenters. The Balaban J connectivity index is 2.96. The number of rotatable bonds is 0. The molecule has 2 heterocycles. The van der Waals surface area contributed by atoms with E-state index in [1.54, 1.807) is 6.33 Å². The quantitative estimate of drug-likeness (QED) is 0.562. The van der Waals surface area contributed by atoms with Crippen LogP contribution >= 0.6 is 0 Å². The Hall–Kier alpha value is -1.65. The number of hydrogen-bond acceptors (Lipinski definition) is 4. The van der Waals surface area contributed by atoms with Crippen LogP contribution in [0.1, 0.15) is 5.69 Å². The highest BCUT2D eigenvalue weighted by atomic mass is 15.2. The third kappa shape index (κ3) is 0.739. The second-order valence-corrected chi connectivity index (χ2v) is 2.30. The lowest BCUT2D eigenvalue weighted by Gasteiger charge is -1.94. The third-order valence-corrected chi connectivity index (χ3v) is 1.55. The lowest BCUT2D eigenvalue weighted by Crippen LogP contribution is -1.96. The van der Waals surface area contributed by atoms with Gasteiger partial charge in [-0.1, -0.05) is 0 Å². The zero-order valence-electron chi connectivity index (χ0n) is 6.00. The molecule has 56 valence electrons. The summed E-state index contributed by atoms with van der Waals surface area (Å²) >= 11 is 0. The predicted octanol–water partition coefficient (Wildman–Crippen LogP) is 0.244. The fraction of sp³-hybridized carbons (Fsp3) is 0.167. The number of fused-ring (bicyclic) bond motifs is 1. The second kappa shape index (κ2) is 1.91. The standard InChI is InChI=1S/C6H7N5/c1-3-4-5(9-2-8-4)6(7)11-10-3/h2H,1H3,(H2,7,11)(H,8,9). The number of nitrogen functional groups attached to an aromatic ring is 1. The average molecular weight is 149 g/mol. The van der Waals surface area contributed by atoms with Crippen LogP contribution in [0.3, 0.4) is 0 Å². The molecule has 0 aliphatic heterocycles. The van der Waals surface area contributed by atoms with Gasteiger partial charge in [0.25, 0.3) is 0 Å². The van der Waals surface area contributed by atoms with Gasteiger partial charge in [0.2, 0.25) is 0 Å². The summed E-state index contributed by atoms with van der Waals surface area (Å²) in [7, 11) is 0. The summed E-state index contributed by atoms with van der Waals surface area (Å²) in [6.07, 6.45) is 1.58. The van der Waals surface area contributed by atoms with Gasteiger partial charge in [0, 0.05) is 0 Å². The Morgan fingerprint density at radius 1 is 1.45 bits per heavy atom. The van der Waals surface area contributed by atoms with Gasteiger partial charge in [-0.15, -0.1) is 5.10 Å². The molecule has 0 aromatic carbocycles. The summed E-state index contributed by atoms with van der Waals surface area (Å²) in [5, 5.41) is 7.56. The maximum atomic E-state index is 5.52. The number of nitrogens with two attached hydrogens (primary N) is 1. The number of hydrogen-bond donors (Lipinski definition) is 2. The molecule has 5 heteroatoms. The molecule has 0 aliphatic rings. The molecule has 11 heavy (non-hydrogen) atoms. The van der Waals surface area contributed by atoms with Gasteiger partial charge in [0.1, 0.15) is 11.0 Å². The third-order valence-electron chi connectivity index (χ3n) is 1.55. The SMILES string of the molecule is Cc1nnc(N)c2[nH]cnc12. The van der Waals surface area contributed by atoms with Crippen molar-refractivity contribution in [3.8, 4) is 0 Å². The van der Waals surface area contributed by atoms with E-state index in [1.807, 2.05) is 6.92 Å². The summed E-state index contributed by atoms with van der Waals surface area (Å²) in [5.74, 6) is 0.392. The number of imidazole rings is 1. The molecule has 0 fully saturated rings. The minimum absolute atomic E-state index is 0.392. The fourth-order valence-electron chi connectivity index (χ4n) is 0.990. The van der Waals surface area contributed by atoms with E-state index >= 15 is 0 Å². The zero-order chi connectivity index (χ0) is 7.84. The Kier molecular flexibility index (Phi) is 1.06. The van der Waals surface area contributed by atoms with Gasteiger partial charge in [0.15, 0.2) is 5.82 Å². The van der Waals surface area contributed by atoms with Gasteiger partial charge < -0.3 is 10.7 Å². The second-order valence-electron chi connectivity index (χ2n) is 2.30. The van der Waals surface area contributed by atoms with Crippen molar-refractivity contribution < 1.29 is 0 Å². The lowest BCUT2D eigenvalue weighted by atomic mass is 10.3. The van der Waals surface area contributed by atoms with Crippen molar-refractivity contribution in [3.05, 3.63) is 12.0 Å². The Bertz CT molecular complexity index is 355. The Morgan fingerprint density at radius 2 is 2.27 bits per heavy atom. The fourth-order valence-corrected chi connectivity index (χ4v) is 0.990. The van der Waals surface area contributed by atoms with Crippen LogP contribution in [-0.2, 0) is 0 Å². The summed E-state index contributed by atoms with van der Waals surface area (Å²) < 4.78 is 0. The minimum atomic E-state index is 0.392. The van der Waals surface area contributed by atoms with Crippen LogP contribution in [0.5, 0.6) is 0 Å². The maximum Gasteiger partial charge on any atom is 0.172 e. The van der Waals surface area contributed by atoms with Gasteiger partial charge in [-0.3, -0.25) is 0 Å². The number of aryl methyl sites for hydroxylation is 1. The maximum absolute atomic E-state index is 5.52. The molecule has 0 amide bonds. The first-order chi connectivity index (χ1) is 5.29. The first kappa shape index (κ1) is 6.09. The summed E-state index contributed by atoms with van der Waals surface area (Å²) in [4.78, 5) is 6.93. The molecule has 5 nitrogen and oxygen atoms in total. The van der Waals surface area contributed by atoms with Crippen LogP contribution in [0.2, 0.25) is 0 Å². The first-order valence-electron chi connectivity index (χ1n) is 3.21. The molecule has 0 saturated heterocycles. The van der Waals surface area contributed by atoms with Crippen molar-refractivity contribution in [2.24, 2.45) is 0 Å². The number of aromatic nitrogens is 4. The van der Waals surface area contributed by atoms with Gasteiger partial charge in [-0.25, -0.2) is 4.98 Å². The number of nitrogens with zero attached hydrogens (tertiary/aromatic N) is 3. The summed E-state index contributed by atoms with van der Waals surface area (Å²) in [6, 6.07) is 0. The van der Waals surface area contributed by atoms with E-state index in [-0.39, 0.29) is 0 Å². The van der Waals surface area contributed by atoms with Gasteiger partial charge in [-0.2, -0.15) is 5.10 Å². The van der Waals surface area contributed by atoms with E-state index in [2.05, 4.69) is 20.2 Å². The molecule has 2 rings (SSSR count). The van der Waals surface area contributed by atoms with Crippen molar-refractivity contribution in [3.63, 3.8) is 0 Å². The van der Waals surface area contributed by atoms with Crippen molar-refractivity contribution in [2.75, 3.05) is 5.73 Å². The van der Waals surface area contributed by atoms with Crippen molar-refractivity contribution in [1.29, 1.82) is 0 Å². The molecule has 0 aliphatic carbocycles. The van der Waals surface area contributed by atoms with Crippen LogP contribution in [0.4, 0.5) is 5.82 Å². The van der Waals surface area contributed by atoms with E-state index < -0.39 is 0 Å². The number of nitrogens with one attached hydrogen (secondary N) is 1. The molecule has 0 unspecified atom stereocenters. The highest BCUT2D eigenvalue weighted by molar-refractivity contribution is 5.85. The highest BCUT2D eigenvalue weighted by Crippen LogP contribution is 2.14. The van der Waals surface area contributed by atoms with E-state index in [4.69, 9.17) is 5.73 Å². The zero-order valence-corrected chi connectivity index (χ0v) is 6.00. The molecule has 0 saturated carbocycles. The highest BCUT2D eigenvalue weighted by Gasteiger charge is 2.04. The molecule has 0 bridgehead atoms. The van der Waals surface area contributed by atoms with Crippen LogP contribution in [0, 0.1) is 6.92 Å². The molecule has 0 radical (unpaired) electrons. The average Bonchev–Trinajstić information content (AvgIpc) is 2.45. The summed E-state index contributed by atoms with van der Waals surface area (Å²) in [6.45, 7) is 1.84. The molecular weight excluding hydrogens is 142 g/mol. The monoisotopic (exact) mass is 149 g/mol. The van der Waals surface area contributed by atoms with E-state index in [1.165, 1.54) is 0 Å². The smallest absolute Gasteiger partial charge is 0.172 e. The largest absolute Gasteiger partial charge is 0.380 e. The van der Waals surface area contributed by atoms with E-state index in [9.17, 15) is 0 Å². The van der Waals surface area contributed by atoms with E-state index in [0.717, 1.165) is 16.7 Å². The van der Waals surface area contributed by atoms with Gasteiger partial charge in [0.05, 0.1) is 12.0 Å². The topological polar surface area (TPSA) is 80.5 Å². The van der Waals surface area contributed by atoms with Gasteiger partial charge in [-0.05, 0) is 6.92 Å². The van der Waals surface area contributed by atoms with Crippen LogP contribution in [0.15, 0.2) is 6.33 Å². The number of H-pyrrole nitrogens is 1. The van der Waals surface area contributed by atoms with Crippen molar-refractivity contribution >= 4 is 16.9 Å². The predicted molar refractivity (Wildman–Crippen MR) is 40.8 cm³/mol. The van der Waals surface area contributed by atoms with Crippen LogP contribution in [0.25, 0.3) is 11.0 Å². The minimum Gasteiger partial charge on any atom is -0.380 e. The number of anilines is 1. The molecular formula is C6H7N5. The Morgan fingerprint density at radius 3 is 3.00 bits per heavy atom. The van der Waals surface area contributed by atoms with Crippen LogP contribution in [-0.4, -0.2) is 20.2 Å². The van der Waals surface area contributed by atoms with Crippen LogP contribution < -0.4 is 5.73 Å².